The van der Waals surface area contributed by atoms with Gasteiger partial charge in [-0.05, 0) is 18.6 Å². The zero-order valence-electron chi connectivity index (χ0n) is 12.1. The molecule has 0 atom stereocenters. The van der Waals surface area contributed by atoms with Crippen molar-refractivity contribution in [2.24, 2.45) is 0 Å². The third-order valence-electron chi connectivity index (χ3n) is 2.88. The average Bonchev–Trinajstić information content (AvgIpc) is 2.43. The van der Waals surface area contributed by atoms with Gasteiger partial charge in [0.25, 0.3) is 0 Å². The zero-order valence-corrected chi connectivity index (χ0v) is 12.1. The van der Waals surface area contributed by atoms with E-state index in [9.17, 15) is 10.1 Å². The summed E-state index contributed by atoms with van der Waals surface area (Å²) in [7, 11) is 1.70. The molecule has 2 N–H and O–H groups in total. The number of hydrogen-bond donors (Lipinski definition) is 1. The number of nitro groups is 1. The van der Waals surface area contributed by atoms with Crippen LogP contribution >= 0.6 is 0 Å². The van der Waals surface area contributed by atoms with Crippen LogP contribution in [0, 0.1) is 17.0 Å². The summed E-state index contributed by atoms with van der Waals surface area (Å²) in [5.41, 5.74) is 0.893. The van der Waals surface area contributed by atoms with Crippen molar-refractivity contribution in [1.82, 2.24) is 0 Å². The quantitative estimate of drug-likeness (QED) is 0.398. The number of nitrogens with two attached hydrogens (primary N) is 1. The van der Waals surface area contributed by atoms with Gasteiger partial charge in [-0.1, -0.05) is 6.07 Å². The first kappa shape index (κ1) is 16.4. The number of hydrogen-bond acceptors (Lipinski definition) is 4. The van der Waals surface area contributed by atoms with Crippen molar-refractivity contribution in [3.63, 3.8) is 0 Å². The maximum absolute atomic E-state index is 10.9. The fourth-order valence-electron chi connectivity index (χ4n) is 1.82. The summed E-state index contributed by atoms with van der Waals surface area (Å²) in [4.78, 5) is 10.5. The van der Waals surface area contributed by atoms with Gasteiger partial charge in [-0.3, -0.25) is 10.1 Å². The first-order valence-corrected chi connectivity index (χ1v) is 6.83. The molecule has 20 heavy (non-hydrogen) atoms. The fourth-order valence-corrected chi connectivity index (χ4v) is 1.82. The number of aryl methyl sites for hydroxylation is 1. The number of ether oxygens (including phenoxy) is 2. The van der Waals surface area contributed by atoms with E-state index < -0.39 is 4.92 Å². The zero-order chi connectivity index (χ0) is 14.8. The largest absolute Gasteiger partial charge is 0.487 e. The molecule has 0 saturated heterocycles. The first-order valence-electron chi connectivity index (χ1n) is 6.83. The molecule has 1 aromatic carbocycles. The Morgan fingerprint density at radius 1 is 1.25 bits per heavy atom. The number of rotatable bonds is 10. The molecule has 1 aromatic rings. The second-order valence-electron chi connectivity index (χ2n) is 4.64. The summed E-state index contributed by atoms with van der Waals surface area (Å²) in [6.45, 7) is 5.07. The highest BCUT2D eigenvalue weighted by Gasteiger charge is 2.14. The van der Waals surface area contributed by atoms with Crippen LogP contribution in [0.1, 0.15) is 18.4 Å². The van der Waals surface area contributed by atoms with Crippen molar-refractivity contribution in [3.8, 4) is 5.75 Å². The van der Waals surface area contributed by atoms with Gasteiger partial charge in [-0.15, -0.1) is 0 Å². The molecule has 1 rings (SSSR count). The lowest BCUT2D eigenvalue weighted by molar-refractivity contribution is -0.655. The molecule has 6 nitrogen and oxygen atoms in total. The molecule has 0 radical (unpaired) electrons. The summed E-state index contributed by atoms with van der Waals surface area (Å²) in [5.74, 6) is 0.347. The van der Waals surface area contributed by atoms with Crippen molar-refractivity contribution in [3.05, 3.63) is 33.9 Å². The molecule has 0 spiro atoms. The molecule has 0 amide bonds. The second-order valence-corrected chi connectivity index (χ2v) is 4.64. The van der Waals surface area contributed by atoms with E-state index in [1.807, 2.05) is 13.0 Å². The van der Waals surface area contributed by atoms with Gasteiger partial charge >= 0.3 is 5.69 Å². The topological polar surface area (TPSA) is 78.2 Å². The Bertz CT molecular complexity index is 424. The average molecular weight is 283 g/mol. The smallest absolute Gasteiger partial charge is 0.311 e. The normalized spacial score (nSPS) is 10.5. The highest BCUT2D eigenvalue weighted by atomic mass is 16.6. The van der Waals surface area contributed by atoms with Crippen molar-refractivity contribution >= 4 is 5.69 Å². The molecule has 0 bridgehead atoms. The van der Waals surface area contributed by atoms with E-state index in [4.69, 9.17) is 9.47 Å². The monoisotopic (exact) mass is 283 g/mol. The van der Waals surface area contributed by atoms with Crippen molar-refractivity contribution in [2.75, 3.05) is 33.4 Å². The van der Waals surface area contributed by atoms with Crippen LogP contribution in [0.5, 0.6) is 5.75 Å². The maximum Gasteiger partial charge on any atom is 0.311 e. The van der Waals surface area contributed by atoms with E-state index in [1.165, 1.54) is 6.07 Å². The van der Waals surface area contributed by atoms with Crippen LogP contribution < -0.4 is 10.1 Å². The standard InChI is InChI=1S/C14H22N2O4/c1-12-5-6-14(13(11-12)16(17)18)20-10-4-8-15-7-3-9-19-2/h5-6,11,15H,3-4,7-10H2,1-2H3/p+1. The van der Waals surface area contributed by atoms with Gasteiger partial charge in [0.1, 0.15) is 0 Å². The molecule has 0 heterocycles. The summed E-state index contributed by atoms with van der Waals surface area (Å²) in [6.07, 6.45) is 1.89. The Morgan fingerprint density at radius 2 is 1.95 bits per heavy atom. The molecule has 6 heteroatoms. The highest BCUT2D eigenvalue weighted by molar-refractivity contribution is 5.48. The number of nitrogens with zero attached hydrogens (tertiary/aromatic N) is 1. The minimum absolute atomic E-state index is 0.0362. The van der Waals surface area contributed by atoms with Crippen LogP contribution in [0.25, 0.3) is 0 Å². The van der Waals surface area contributed by atoms with Gasteiger partial charge in [0, 0.05) is 26.0 Å². The molecule has 0 aliphatic rings. The Hall–Kier alpha value is -1.66. The molecular formula is C14H23N2O4+. The lowest BCUT2D eigenvalue weighted by atomic mass is 10.2. The van der Waals surface area contributed by atoms with E-state index in [0.717, 1.165) is 38.1 Å². The van der Waals surface area contributed by atoms with E-state index in [0.29, 0.717) is 12.4 Å². The van der Waals surface area contributed by atoms with Crippen molar-refractivity contribution in [2.45, 2.75) is 19.8 Å². The van der Waals surface area contributed by atoms with Crippen LogP contribution in [0.4, 0.5) is 5.69 Å². The minimum atomic E-state index is -0.404. The predicted octanol–water partition coefficient (Wildman–Crippen LogP) is 1.27. The summed E-state index contributed by atoms with van der Waals surface area (Å²) >= 11 is 0. The van der Waals surface area contributed by atoms with Gasteiger partial charge in [-0.25, -0.2) is 0 Å². The Morgan fingerprint density at radius 3 is 2.60 bits per heavy atom. The fraction of sp³-hybridized carbons (Fsp3) is 0.571. The molecule has 0 aliphatic carbocycles. The SMILES string of the molecule is COCCC[NH2+]CCCOc1ccc(C)cc1[N+](=O)[O-]. The summed E-state index contributed by atoms with van der Waals surface area (Å²) in [5, 5.41) is 13.1. The molecular weight excluding hydrogens is 260 g/mol. The summed E-state index contributed by atoms with van der Waals surface area (Å²) in [6, 6.07) is 5.02. The molecule has 0 unspecified atom stereocenters. The lowest BCUT2D eigenvalue weighted by Gasteiger charge is -2.07. The molecule has 0 saturated carbocycles. The summed E-state index contributed by atoms with van der Waals surface area (Å²) < 4.78 is 10.5. The first-order chi connectivity index (χ1) is 9.65. The van der Waals surface area contributed by atoms with Crippen LogP contribution in [-0.2, 0) is 4.74 Å². The number of quaternary nitrogens is 1. The Kier molecular flexibility index (Phi) is 7.60. The Labute approximate surface area is 119 Å². The van der Waals surface area contributed by atoms with Gasteiger partial charge in [0.2, 0.25) is 0 Å². The third kappa shape index (κ3) is 5.99. The van der Waals surface area contributed by atoms with Crippen LogP contribution in [-0.4, -0.2) is 38.3 Å². The van der Waals surface area contributed by atoms with Crippen molar-refractivity contribution < 1.29 is 19.7 Å². The van der Waals surface area contributed by atoms with Crippen LogP contribution in [0.3, 0.4) is 0 Å². The molecule has 0 aliphatic heterocycles. The molecule has 0 aromatic heterocycles. The molecule has 0 fully saturated rings. The lowest BCUT2D eigenvalue weighted by Crippen LogP contribution is -2.84. The van der Waals surface area contributed by atoms with Gasteiger partial charge < -0.3 is 14.8 Å². The second kappa shape index (κ2) is 9.28. The van der Waals surface area contributed by atoms with Gasteiger partial charge in [0.15, 0.2) is 5.75 Å². The number of nitro benzene ring substituents is 1. The maximum atomic E-state index is 10.9. The minimum Gasteiger partial charge on any atom is -0.487 e. The predicted molar refractivity (Wildman–Crippen MR) is 76.1 cm³/mol. The van der Waals surface area contributed by atoms with Gasteiger partial charge in [0.05, 0.1) is 31.2 Å². The van der Waals surface area contributed by atoms with Crippen LogP contribution in [0.15, 0.2) is 18.2 Å². The molecule has 112 valence electrons. The van der Waals surface area contributed by atoms with E-state index >= 15 is 0 Å². The highest BCUT2D eigenvalue weighted by Crippen LogP contribution is 2.27. The third-order valence-corrected chi connectivity index (χ3v) is 2.88. The number of benzene rings is 1. The van der Waals surface area contributed by atoms with Crippen molar-refractivity contribution in [1.29, 1.82) is 0 Å². The van der Waals surface area contributed by atoms with Gasteiger partial charge in [-0.2, -0.15) is 0 Å². The Balaban J connectivity index is 2.27. The van der Waals surface area contributed by atoms with E-state index in [2.05, 4.69) is 5.32 Å². The van der Waals surface area contributed by atoms with E-state index in [1.54, 1.807) is 13.2 Å². The van der Waals surface area contributed by atoms with Crippen LogP contribution in [0.2, 0.25) is 0 Å². The number of methoxy groups -OCH3 is 1. The van der Waals surface area contributed by atoms with E-state index in [-0.39, 0.29) is 5.69 Å².